The summed E-state index contributed by atoms with van der Waals surface area (Å²) < 4.78 is 6.01. The first kappa shape index (κ1) is 21.2. The van der Waals surface area contributed by atoms with E-state index in [-0.39, 0.29) is 11.1 Å². The Labute approximate surface area is 122 Å². The highest BCUT2D eigenvalue weighted by Gasteiger charge is 2.23. The van der Waals surface area contributed by atoms with Crippen molar-refractivity contribution in [2.24, 2.45) is 0 Å². The topological polar surface area (TPSA) is 24.5 Å². The Hall–Kier alpha value is -0.120. The van der Waals surface area contributed by atoms with Crippen molar-refractivity contribution < 1.29 is 4.74 Å². The van der Waals surface area contributed by atoms with Crippen LogP contribution in [-0.2, 0) is 4.74 Å². The van der Waals surface area contributed by atoms with Crippen molar-refractivity contribution in [3.8, 4) is 0 Å². The summed E-state index contributed by atoms with van der Waals surface area (Å²) in [5.74, 6) is 0. The van der Waals surface area contributed by atoms with Gasteiger partial charge in [0.15, 0.2) is 0 Å². The Morgan fingerprint density at radius 2 is 1.58 bits per heavy atom. The maximum Gasteiger partial charge on any atom is 0.0752 e. The van der Waals surface area contributed by atoms with Crippen LogP contribution in [0, 0.1) is 0 Å². The van der Waals surface area contributed by atoms with Crippen LogP contribution in [0.2, 0.25) is 0 Å². The lowest BCUT2D eigenvalue weighted by Crippen LogP contribution is -2.43. The molecule has 0 unspecified atom stereocenters. The third kappa shape index (κ3) is 11.4. The molecule has 0 spiro atoms. The summed E-state index contributed by atoms with van der Waals surface area (Å²) in [5, 5.41) is 3.30. The second kappa shape index (κ2) is 9.73. The Bertz CT molecular complexity index is 213. The average molecular weight is 274 g/mol. The number of rotatable bonds is 8. The zero-order valence-corrected chi connectivity index (χ0v) is 15.1. The Morgan fingerprint density at radius 3 is 1.95 bits per heavy atom. The van der Waals surface area contributed by atoms with Gasteiger partial charge in [0.05, 0.1) is 5.60 Å². The van der Waals surface area contributed by atoms with Crippen molar-refractivity contribution in [2.45, 2.75) is 79.0 Å². The fourth-order valence-corrected chi connectivity index (χ4v) is 1.54. The summed E-state index contributed by atoms with van der Waals surface area (Å²) in [5.41, 5.74) is 0.0723. The van der Waals surface area contributed by atoms with E-state index >= 15 is 0 Å². The molecule has 1 N–H and O–H groups in total. The van der Waals surface area contributed by atoms with Crippen LogP contribution in [0.25, 0.3) is 0 Å². The molecule has 0 bridgehead atoms. The van der Waals surface area contributed by atoms with Gasteiger partial charge < -0.3 is 15.0 Å². The molecule has 0 radical (unpaired) electrons. The highest BCUT2D eigenvalue weighted by Crippen LogP contribution is 2.15. The van der Waals surface area contributed by atoms with Crippen molar-refractivity contribution in [1.29, 1.82) is 0 Å². The monoisotopic (exact) mass is 274 g/mol. The number of nitrogens with zero attached hydrogens (tertiary/aromatic N) is 1. The van der Waals surface area contributed by atoms with Gasteiger partial charge in [-0.25, -0.2) is 0 Å². The molecule has 0 atom stereocenters. The molecule has 0 aromatic heterocycles. The fraction of sp³-hybridized carbons (Fsp3) is 1.00. The molecule has 0 fully saturated rings. The van der Waals surface area contributed by atoms with Gasteiger partial charge in [0.2, 0.25) is 0 Å². The lowest BCUT2D eigenvalue weighted by atomic mass is 10.0. The van der Waals surface area contributed by atoms with Crippen LogP contribution in [0.5, 0.6) is 0 Å². The van der Waals surface area contributed by atoms with Crippen molar-refractivity contribution in [3.63, 3.8) is 0 Å². The minimum atomic E-state index is -0.0805. The van der Waals surface area contributed by atoms with Crippen molar-refractivity contribution >= 4 is 0 Å². The van der Waals surface area contributed by atoms with Crippen LogP contribution in [0.15, 0.2) is 0 Å². The van der Waals surface area contributed by atoms with E-state index in [2.05, 4.69) is 58.8 Å². The molecule has 118 valence electrons. The number of hydrogen-bond acceptors (Lipinski definition) is 3. The molecule has 0 aliphatic heterocycles. The molecule has 3 nitrogen and oxygen atoms in total. The van der Waals surface area contributed by atoms with Gasteiger partial charge in [0.25, 0.3) is 0 Å². The largest absolute Gasteiger partial charge is 0.374 e. The Kier molecular flexibility index (Phi) is 10.9. The van der Waals surface area contributed by atoms with Crippen LogP contribution < -0.4 is 5.32 Å². The van der Waals surface area contributed by atoms with E-state index in [0.717, 1.165) is 19.6 Å². The Morgan fingerprint density at radius 1 is 1.11 bits per heavy atom. The number of ether oxygens (including phenoxy) is 1. The molecule has 0 aliphatic carbocycles. The van der Waals surface area contributed by atoms with Crippen LogP contribution in [0.4, 0.5) is 0 Å². The van der Waals surface area contributed by atoms with E-state index in [1.807, 2.05) is 20.9 Å². The van der Waals surface area contributed by atoms with Crippen LogP contribution in [0.3, 0.4) is 0 Å². The van der Waals surface area contributed by atoms with Crippen molar-refractivity contribution in [1.82, 2.24) is 10.2 Å². The van der Waals surface area contributed by atoms with E-state index in [9.17, 15) is 0 Å². The van der Waals surface area contributed by atoms with E-state index in [4.69, 9.17) is 4.74 Å². The fourth-order valence-electron chi connectivity index (χ4n) is 1.54. The molecule has 3 heteroatoms. The quantitative estimate of drug-likeness (QED) is 0.733. The smallest absolute Gasteiger partial charge is 0.0752 e. The molecule has 0 amide bonds. The summed E-state index contributed by atoms with van der Waals surface area (Å²) in [6.07, 6.45) is 1.03. The summed E-state index contributed by atoms with van der Waals surface area (Å²) in [7, 11) is 4.14. The third-order valence-electron chi connectivity index (χ3n) is 3.41. The average Bonchev–Trinajstić information content (AvgIpc) is 2.30. The Balaban J connectivity index is 0. The number of likely N-dealkylation sites (N-methyl/N-ethyl adjacent to an activating group) is 1. The zero-order chi connectivity index (χ0) is 15.7. The van der Waals surface area contributed by atoms with Crippen LogP contribution in [0.1, 0.15) is 61.8 Å². The summed E-state index contributed by atoms with van der Waals surface area (Å²) in [6, 6.07) is 0.562. The van der Waals surface area contributed by atoms with Gasteiger partial charge in [-0.1, -0.05) is 13.8 Å². The zero-order valence-electron chi connectivity index (χ0n) is 15.1. The normalized spacial score (nSPS) is 12.6. The predicted molar refractivity (Wildman–Crippen MR) is 86.9 cm³/mol. The standard InChI is InChI=1S/C14H32N2O.C2H6/c1-12(2)16(8)11-14(5,6)17-10-9-13(3,4)15-7;1-2/h12,15H,9-11H2,1-8H3;1-2H3. The van der Waals surface area contributed by atoms with Crippen molar-refractivity contribution in [2.75, 3.05) is 27.2 Å². The predicted octanol–water partition coefficient (Wildman–Crippen LogP) is 3.54. The maximum atomic E-state index is 6.01. The van der Waals surface area contributed by atoms with E-state index in [1.165, 1.54) is 0 Å². The highest BCUT2D eigenvalue weighted by atomic mass is 16.5. The lowest BCUT2D eigenvalue weighted by molar-refractivity contribution is -0.0463. The second-order valence-corrected chi connectivity index (χ2v) is 6.50. The lowest BCUT2D eigenvalue weighted by Gasteiger charge is -2.34. The molecule has 0 rings (SSSR count). The summed E-state index contributed by atoms with van der Waals surface area (Å²) in [4.78, 5) is 2.32. The second-order valence-electron chi connectivity index (χ2n) is 6.50. The molecule has 0 saturated heterocycles. The summed E-state index contributed by atoms with van der Waals surface area (Å²) >= 11 is 0. The van der Waals surface area contributed by atoms with Gasteiger partial charge in [-0.2, -0.15) is 0 Å². The van der Waals surface area contributed by atoms with Gasteiger partial charge in [0.1, 0.15) is 0 Å². The minimum absolute atomic E-state index is 0.0805. The first-order valence-corrected chi connectivity index (χ1v) is 7.63. The third-order valence-corrected chi connectivity index (χ3v) is 3.41. The highest BCUT2D eigenvalue weighted by molar-refractivity contribution is 4.78. The molecule has 19 heavy (non-hydrogen) atoms. The molecule has 0 heterocycles. The maximum absolute atomic E-state index is 6.01. The number of nitrogens with one attached hydrogen (secondary N) is 1. The first-order chi connectivity index (χ1) is 8.59. The van der Waals surface area contributed by atoms with Gasteiger partial charge >= 0.3 is 0 Å². The molecule has 0 aromatic carbocycles. The number of hydrogen-bond donors (Lipinski definition) is 1. The molecule has 0 aromatic rings. The SMILES string of the molecule is CC.CNC(C)(C)CCOC(C)(C)CN(C)C(C)C. The molecule has 0 aliphatic rings. The summed E-state index contributed by atoms with van der Waals surface area (Å²) in [6.45, 7) is 18.9. The molecule has 0 saturated carbocycles. The van der Waals surface area contributed by atoms with Crippen molar-refractivity contribution in [3.05, 3.63) is 0 Å². The molecular formula is C16H38N2O. The van der Waals surface area contributed by atoms with Gasteiger partial charge in [-0.3, -0.25) is 0 Å². The van der Waals surface area contributed by atoms with E-state index in [0.29, 0.717) is 6.04 Å². The minimum Gasteiger partial charge on any atom is -0.374 e. The van der Waals surface area contributed by atoms with Crippen LogP contribution >= 0.6 is 0 Å². The molecular weight excluding hydrogens is 236 g/mol. The first-order valence-electron chi connectivity index (χ1n) is 7.63. The van der Waals surface area contributed by atoms with Gasteiger partial charge in [-0.15, -0.1) is 0 Å². The van der Waals surface area contributed by atoms with E-state index in [1.54, 1.807) is 0 Å². The van der Waals surface area contributed by atoms with E-state index < -0.39 is 0 Å². The van der Waals surface area contributed by atoms with Crippen LogP contribution in [-0.4, -0.2) is 49.3 Å². The van der Waals surface area contributed by atoms with Gasteiger partial charge in [0, 0.05) is 24.7 Å². The van der Waals surface area contributed by atoms with Gasteiger partial charge in [-0.05, 0) is 62.1 Å².